The lowest BCUT2D eigenvalue weighted by Gasteiger charge is -2.12. The Morgan fingerprint density at radius 2 is 1.96 bits per heavy atom. The van der Waals surface area contributed by atoms with Crippen LogP contribution in [0.1, 0.15) is 29.8 Å². The molecule has 0 radical (unpaired) electrons. The van der Waals surface area contributed by atoms with E-state index >= 15 is 0 Å². The lowest BCUT2D eigenvalue weighted by Crippen LogP contribution is -2.23. The minimum absolute atomic E-state index is 0. The molecule has 1 heterocycles. The molecule has 0 unspecified atom stereocenters. The van der Waals surface area contributed by atoms with Gasteiger partial charge in [0.05, 0.1) is 32.2 Å². The normalized spacial score (nSPS) is 13.6. The fourth-order valence-electron chi connectivity index (χ4n) is 3.21. The van der Waals surface area contributed by atoms with Gasteiger partial charge in [-0.1, -0.05) is 0 Å². The highest BCUT2D eigenvalue weighted by Crippen LogP contribution is 2.29. The molecule has 0 saturated carbocycles. The second-order valence-corrected chi connectivity index (χ2v) is 6.10. The van der Waals surface area contributed by atoms with Crippen molar-refractivity contribution in [3.8, 4) is 11.5 Å². The van der Waals surface area contributed by atoms with Crippen molar-refractivity contribution in [1.82, 2.24) is 9.78 Å². The van der Waals surface area contributed by atoms with Crippen LogP contribution in [-0.2, 0) is 26.4 Å². The van der Waals surface area contributed by atoms with E-state index in [-0.39, 0.29) is 24.0 Å². The SMILES string of the molecule is COc1ccc(NC(N)=NCc2c3c(nn2C)CCCC3)cc1OC.I. The summed E-state index contributed by atoms with van der Waals surface area (Å²) in [5.41, 5.74) is 10.5. The van der Waals surface area contributed by atoms with Gasteiger partial charge in [0, 0.05) is 18.8 Å². The average molecular weight is 471 g/mol. The van der Waals surface area contributed by atoms with Crippen LogP contribution in [-0.4, -0.2) is 30.0 Å². The summed E-state index contributed by atoms with van der Waals surface area (Å²) in [7, 11) is 5.18. The van der Waals surface area contributed by atoms with E-state index in [1.807, 2.05) is 29.9 Å². The number of benzene rings is 1. The number of halogens is 1. The Balaban J connectivity index is 0.00000243. The average Bonchev–Trinajstić information content (AvgIpc) is 2.95. The minimum Gasteiger partial charge on any atom is -0.493 e. The van der Waals surface area contributed by atoms with Gasteiger partial charge in [-0.05, 0) is 43.4 Å². The summed E-state index contributed by atoms with van der Waals surface area (Å²) in [6, 6.07) is 5.52. The van der Waals surface area contributed by atoms with Crippen molar-refractivity contribution >= 4 is 35.6 Å². The van der Waals surface area contributed by atoms with Gasteiger partial charge in [-0.25, -0.2) is 4.99 Å². The Labute approximate surface area is 171 Å². The maximum atomic E-state index is 6.05. The van der Waals surface area contributed by atoms with Crippen LogP contribution >= 0.6 is 24.0 Å². The quantitative estimate of drug-likeness (QED) is 0.398. The number of nitrogens with one attached hydrogen (secondary N) is 1. The van der Waals surface area contributed by atoms with Gasteiger partial charge in [0.2, 0.25) is 0 Å². The van der Waals surface area contributed by atoms with Crippen molar-refractivity contribution in [3.05, 3.63) is 35.2 Å². The molecular formula is C18H26IN5O2. The highest BCUT2D eigenvalue weighted by molar-refractivity contribution is 14.0. The van der Waals surface area contributed by atoms with Crippen molar-refractivity contribution in [2.24, 2.45) is 17.8 Å². The molecule has 0 bridgehead atoms. The van der Waals surface area contributed by atoms with Gasteiger partial charge >= 0.3 is 0 Å². The molecule has 0 fully saturated rings. The van der Waals surface area contributed by atoms with Crippen LogP contribution in [0.2, 0.25) is 0 Å². The molecule has 2 aromatic rings. The summed E-state index contributed by atoms with van der Waals surface area (Å²) >= 11 is 0. The van der Waals surface area contributed by atoms with Gasteiger partial charge in [0.1, 0.15) is 0 Å². The largest absolute Gasteiger partial charge is 0.493 e. The third kappa shape index (κ3) is 4.40. The molecule has 1 aromatic heterocycles. The van der Waals surface area contributed by atoms with E-state index in [0.717, 1.165) is 24.2 Å². The number of hydrogen-bond acceptors (Lipinski definition) is 4. The van der Waals surface area contributed by atoms with E-state index in [0.29, 0.717) is 24.0 Å². The number of aromatic nitrogens is 2. The van der Waals surface area contributed by atoms with Gasteiger partial charge in [-0.3, -0.25) is 4.68 Å². The molecule has 0 amide bonds. The van der Waals surface area contributed by atoms with Crippen LogP contribution in [0.25, 0.3) is 0 Å². The number of anilines is 1. The van der Waals surface area contributed by atoms with E-state index in [2.05, 4.69) is 15.4 Å². The molecule has 1 aliphatic carbocycles. The number of methoxy groups -OCH3 is 2. The predicted octanol–water partition coefficient (Wildman–Crippen LogP) is 2.86. The molecule has 1 aromatic carbocycles. The van der Waals surface area contributed by atoms with E-state index in [4.69, 9.17) is 15.2 Å². The van der Waals surface area contributed by atoms with Crippen LogP contribution in [0.15, 0.2) is 23.2 Å². The van der Waals surface area contributed by atoms with E-state index in [1.165, 1.54) is 24.1 Å². The zero-order valence-electron chi connectivity index (χ0n) is 15.4. The molecule has 26 heavy (non-hydrogen) atoms. The van der Waals surface area contributed by atoms with E-state index in [1.54, 1.807) is 14.2 Å². The number of nitrogens with zero attached hydrogens (tertiary/aromatic N) is 3. The number of nitrogens with two attached hydrogens (primary N) is 1. The second-order valence-electron chi connectivity index (χ2n) is 6.10. The Hall–Kier alpha value is -1.97. The number of guanidine groups is 1. The first-order chi connectivity index (χ1) is 12.1. The van der Waals surface area contributed by atoms with Crippen molar-refractivity contribution in [1.29, 1.82) is 0 Å². The smallest absolute Gasteiger partial charge is 0.193 e. The highest BCUT2D eigenvalue weighted by atomic mass is 127. The van der Waals surface area contributed by atoms with Crippen molar-refractivity contribution < 1.29 is 9.47 Å². The molecule has 7 nitrogen and oxygen atoms in total. The molecule has 0 spiro atoms. The molecule has 1 aliphatic rings. The third-order valence-corrected chi connectivity index (χ3v) is 4.50. The van der Waals surface area contributed by atoms with Gasteiger partial charge in [0.25, 0.3) is 0 Å². The Kier molecular flexibility index (Phi) is 7.13. The number of fused-ring (bicyclic) bond motifs is 1. The van der Waals surface area contributed by atoms with Crippen molar-refractivity contribution in [2.45, 2.75) is 32.2 Å². The molecule has 8 heteroatoms. The van der Waals surface area contributed by atoms with E-state index in [9.17, 15) is 0 Å². The summed E-state index contributed by atoms with van der Waals surface area (Å²) < 4.78 is 12.5. The van der Waals surface area contributed by atoms with Gasteiger partial charge in [0.15, 0.2) is 17.5 Å². The summed E-state index contributed by atoms with van der Waals surface area (Å²) in [6.45, 7) is 0.519. The van der Waals surface area contributed by atoms with Crippen LogP contribution in [0.5, 0.6) is 11.5 Å². The summed E-state index contributed by atoms with van der Waals surface area (Å²) in [5, 5.41) is 7.70. The van der Waals surface area contributed by atoms with Crippen LogP contribution in [0.3, 0.4) is 0 Å². The molecule has 3 N–H and O–H groups in total. The summed E-state index contributed by atoms with van der Waals surface area (Å²) in [5.74, 6) is 1.67. The number of ether oxygens (including phenoxy) is 2. The fourth-order valence-corrected chi connectivity index (χ4v) is 3.21. The Morgan fingerprint density at radius 1 is 1.23 bits per heavy atom. The van der Waals surface area contributed by atoms with Gasteiger partial charge in [-0.2, -0.15) is 5.10 Å². The number of aliphatic imine (C=N–C) groups is 1. The summed E-state index contributed by atoms with van der Waals surface area (Å²) in [4.78, 5) is 4.48. The van der Waals surface area contributed by atoms with Crippen molar-refractivity contribution in [3.63, 3.8) is 0 Å². The lowest BCUT2D eigenvalue weighted by molar-refractivity contribution is 0.355. The van der Waals surface area contributed by atoms with Gasteiger partial charge < -0.3 is 20.5 Å². The first-order valence-electron chi connectivity index (χ1n) is 8.45. The molecular weight excluding hydrogens is 445 g/mol. The minimum atomic E-state index is 0. The lowest BCUT2D eigenvalue weighted by atomic mass is 9.96. The number of hydrogen-bond donors (Lipinski definition) is 2. The third-order valence-electron chi connectivity index (χ3n) is 4.50. The highest BCUT2D eigenvalue weighted by Gasteiger charge is 2.18. The second kappa shape index (κ2) is 9.11. The first-order valence-corrected chi connectivity index (χ1v) is 8.45. The topological polar surface area (TPSA) is 86.7 Å². The fraction of sp³-hybridized carbons (Fsp3) is 0.444. The maximum absolute atomic E-state index is 6.05. The standard InChI is InChI=1S/C18H25N5O2.HI/c1-23-15(13-6-4-5-7-14(13)22-23)11-20-18(19)21-12-8-9-16(24-2)17(10-12)25-3;/h8-10H,4-7,11H2,1-3H3,(H3,19,20,21);1H. The Morgan fingerprint density at radius 3 is 2.69 bits per heavy atom. The van der Waals surface area contributed by atoms with E-state index < -0.39 is 0 Å². The van der Waals surface area contributed by atoms with Crippen LogP contribution in [0.4, 0.5) is 5.69 Å². The Bertz CT molecular complexity index is 788. The molecule has 142 valence electrons. The molecule has 0 saturated heterocycles. The van der Waals surface area contributed by atoms with Gasteiger partial charge in [-0.15, -0.1) is 24.0 Å². The van der Waals surface area contributed by atoms with Crippen LogP contribution in [0, 0.1) is 0 Å². The zero-order valence-corrected chi connectivity index (χ0v) is 17.7. The molecule has 0 atom stereocenters. The first kappa shape index (κ1) is 20.3. The number of rotatable bonds is 5. The summed E-state index contributed by atoms with van der Waals surface area (Å²) in [6.07, 6.45) is 4.58. The maximum Gasteiger partial charge on any atom is 0.193 e. The molecule has 3 rings (SSSR count). The predicted molar refractivity (Wildman–Crippen MR) is 114 cm³/mol. The zero-order chi connectivity index (χ0) is 17.8. The van der Waals surface area contributed by atoms with Crippen LogP contribution < -0.4 is 20.5 Å². The monoisotopic (exact) mass is 471 g/mol. The van der Waals surface area contributed by atoms with Crippen molar-refractivity contribution in [2.75, 3.05) is 19.5 Å². The molecule has 0 aliphatic heterocycles. The number of aryl methyl sites for hydroxylation is 2.